The van der Waals surface area contributed by atoms with Crippen LogP contribution >= 0.6 is 0 Å². The molecule has 236 valence electrons. The number of carbonyl (C=O) groups excluding carboxylic acids is 3. The zero-order valence-electron chi connectivity index (χ0n) is 26.2. The van der Waals surface area contributed by atoms with Gasteiger partial charge >= 0.3 is 0 Å². The van der Waals surface area contributed by atoms with Crippen LogP contribution < -0.4 is 16.1 Å². The number of amides is 3. The summed E-state index contributed by atoms with van der Waals surface area (Å²) in [5.41, 5.74) is 6.01. The first-order valence-electron chi connectivity index (χ1n) is 14.9. The second-order valence-corrected chi connectivity index (χ2v) is 12.2. The molecular formula is C35H45N3O6. The van der Waals surface area contributed by atoms with Crippen LogP contribution in [0.3, 0.4) is 0 Å². The van der Waals surface area contributed by atoms with Crippen molar-refractivity contribution in [3.8, 4) is 11.1 Å². The van der Waals surface area contributed by atoms with E-state index in [1.807, 2.05) is 82.3 Å². The highest BCUT2D eigenvalue weighted by Crippen LogP contribution is 2.26. The van der Waals surface area contributed by atoms with Crippen LogP contribution in [0.4, 0.5) is 0 Å². The minimum absolute atomic E-state index is 0.148. The van der Waals surface area contributed by atoms with Crippen LogP contribution in [-0.4, -0.2) is 53.9 Å². The third kappa shape index (κ3) is 9.47. The maximum absolute atomic E-state index is 13.6. The summed E-state index contributed by atoms with van der Waals surface area (Å²) in [5.74, 6) is -3.37. The maximum atomic E-state index is 13.6. The fraction of sp³-hybridized carbons (Fsp3) is 0.400. The molecule has 0 saturated heterocycles. The van der Waals surface area contributed by atoms with Gasteiger partial charge in [0.2, 0.25) is 11.8 Å². The molecule has 9 nitrogen and oxygen atoms in total. The van der Waals surface area contributed by atoms with E-state index in [1.54, 1.807) is 7.11 Å². The summed E-state index contributed by atoms with van der Waals surface area (Å²) in [7, 11) is 1.54. The van der Waals surface area contributed by atoms with Crippen LogP contribution in [0, 0.1) is 18.3 Å². The molecule has 0 spiro atoms. The molecule has 44 heavy (non-hydrogen) atoms. The van der Waals surface area contributed by atoms with Gasteiger partial charge in [-0.15, -0.1) is 0 Å². The van der Waals surface area contributed by atoms with E-state index in [2.05, 4.69) is 34.9 Å². The molecule has 0 aromatic heterocycles. The van der Waals surface area contributed by atoms with Crippen LogP contribution in [0.15, 0.2) is 78.9 Å². The van der Waals surface area contributed by atoms with E-state index >= 15 is 0 Å². The van der Waals surface area contributed by atoms with Crippen LogP contribution in [0.25, 0.3) is 11.1 Å². The van der Waals surface area contributed by atoms with Gasteiger partial charge in [0.15, 0.2) is 0 Å². The molecule has 0 aliphatic carbocycles. The summed E-state index contributed by atoms with van der Waals surface area (Å²) >= 11 is 0. The number of hydroxylamine groups is 1. The van der Waals surface area contributed by atoms with E-state index in [-0.39, 0.29) is 13.0 Å². The Bertz CT molecular complexity index is 1370. The Morgan fingerprint density at radius 2 is 1.50 bits per heavy atom. The van der Waals surface area contributed by atoms with Gasteiger partial charge in [-0.2, -0.15) is 0 Å². The molecule has 0 unspecified atom stereocenters. The highest BCUT2D eigenvalue weighted by molar-refractivity contribution is 5.92. The monoisotopic (exact) mass is 603 g/mol. The molecule has 0 fully saturated rings. The molecule has 0 aliphatic rings. The average molecular weight is 604 g/mol. The average Bonchev–Trinajstić information content (AvgIpc) is 3.01. The third-order valence-electron chi connectivity index (χ3n) is 7.72. The maximum Gasteiger partial charge on any atom is 0.272 e. The summed E-state index contributed by atoms with van der Waals surface area (Å²) in [6, 6.07) is 24.2. The van der Waals surface area contributed by atoms with Crippen LogP contribution in [0.2, 0.25) is 0 Å². The fourth-order valence-electron chi connectivity index (χ4n) is 5.28. The van der Waals surface area contributed by atoms with Crippen LogP contribution in [0.5, 0.6) is 0 Å². The Hall–Kier alpha value is -4.05. The van der Waals surface area contributed by atoms with Crippen molar-refractivity contribution in [1.82, 2.24) is 16.1 Å². The van der Waals surface area contributed by atoms with Gasteiger partial charge < -0.3 is 20.5 Å². The van der Waals surface area contributed by atoms with Gasteiger partial charge in [0.05, 0.1) is 18.6 Å². The molecule has 0 saturated carbocycles. The number of hydrogen-bond donors (Lipinski definition) is 5. The minimum Gasteiger partial charge on any atom is -0.382 e. The van der Waals surface area contributed by atoms with Crippen molar-refractivity contribution in [2.75, 3.05) is 13.7 Å². The van der Waals surface area contributed by atoms with E-state index in [0.29, 0.717) is 12.8 Å². The molecule has 0 radical (unpaired) electrons. The van der Waals surface area contributed by atoms with E-state index in [4.69, 9.17) is 4.74 Å². The minimum atomic E-state index is -1.81. The molecule has 0 aliphatic heterocycles. The lowest BCUT2D eigenvalue weighted by molar-refractivity contribution is -0.147. The SMILES string of the molecule is COC[C@@H](NC(=O)[C@@H](NC(=O)[C@H](CCCc1ccc(-c2ccccc2)c(C)c1)[C@H](O)C(=O)NO)C(C)(C)C)c1ccccc1. The van der Waals surface area contributed by atoms with E-state index in [1.165, 1.54) is 5.48 Å². The number of nitrogens with one attached hydrogen (secondary N) is 3. The summed E-state index contributed by atoms with van der Waals surface area (Å²) < 4.78 is 5.33. The van der Waals surface area contributed by atoms with Crippen molar-refractivity contribution in [1.29, 1.82) is 0 Å². The first-order valence-corrected chi connectivity index (χ1v) is 14.9. The number of aliphatic hydroxyl groups is 1. The highest BCUT2D eigenvalue weighted by atomic mass is 16.5. The molecule has 9 heteroatoms. The number of hydrogen-bond acceptors (Lipinski definition) is 6. The standard InChI is InChI=1S/C35H45N3O6/c1-23-21-24(19-20-27(23)25-14-8-6-9-15-25)13-12-18-28(30(39)33(41)38-43)32(40)37-31(35(2,3)4)34(42)36-29(22-44-5)26-16-10-7-11-17-26/h6-11,14-17,19-21,28-31,39,43H,12-13,18,22H2,1-5H3,(H,36,42)(H,37,40)(H,38,41)/t28-,29-,30+,31-/m1/s1. The van der Waals surface area contributed by atoms with Gasteiger partial charge in [0.1, 0.15) is 12.1 Å². The lowest BCUT2D eigenvalue weighted by Gasteiger charge is -2.33. The lowest BCUT2D eigenvalue weighted by Crippen LogP contribution is -2.57. The Morgan fingerprint density at radius 3 is 2.07 bits per heavy atom. The van der Waals surface area contributed by atoms with Crippen molar-refractivity contribution in [2.45, 2.75) is 65.1 Å². The van der Waals surface area contributed by atoms with Crippen LogP contribution in [0.1, 0.15) is 56.3 Å². The van der Waals surface area contributed by atoms with Crippen LogP contribution in [-0.2, 0) is 25.5 Å². The second kappa shape index (κ2) is 16.1. The zero-order chi connectivity index (χ0) is 32.3. The smallest absolute Gasteiger partial charge is 0.272 e. The van der Waals surface area contributed by atoms with Crippen molar-refractivity contribution in [3.63, 3.8) is 0 Å². The molecule has 3 aromatic carbocycles. The van der Waals surface area contributed by atoms with Gasteiger partial charge in [0.25, 0.3) is 5.91 Å². The molecule has 0 heterocycles. The van der Waals surface area contributed by atoms with Gasteiger partial charge in [-0.1, -0.05) is 99.6 Å². The van der Waals surface area contributed by atoms with Crippen molar-refractivity contribution < 1.29 is 29.4 Å². The van der Waals surface area contributed by atoms with E-state index < -0.39 is 47.2 Å². The molecule has 4 atom stereocenters. The van der Waals surface area contributed by atoms with Gasteiger partial charge in [-0.05, 0) is 59.4 Å². The molecular weight excluding hydrogens is 558 g/mol. The normalized spacial score (nSPS) is 14.2. The van der Waals surface area contributed by atoms with Crippen molar-refractivity contribution in [3.05, 3.63) is 95.6 Å². The summed E-state index contributed by atoms with van der Waals surface area (Å²) in [5, 5.41) is 25.7. The number of benzene rings is 3. The summed E-state index contributed by atoms with van der Waals surface area (Å²) in [6.45, 7) is 7.73. The first-order chi connectivity index (χ1) is 21.0. The predicted octanol–water partition coefficient (Wildman–Crippen LogP) is 4.50. The third-order valence-corrected chi connectivity index (χ3v) is 7.72. The van der Waals surface area contributed by atoms with Gasteiger partial charge in [-0.25, -0.2) is 5.48 Å². The number of ether oxygens (including phenoxy) is 1. The highest BCUT2D eigenvalue weighted by Gasteiger charge is 2.38. The predicted molar refractivity (Wildman–Crippen MR) is 170 cm³/mol. The Labute approximate surface area is 260 Å². The lowest BCUT2D eigenvalue weighted by atomic mass is 9.84. The number of aliphatic hydroxyl groups excluding tert-OH is 1. The Morgan fingerprint density at radius 1 is 0.864 bits per heavy atom. The summed E-state index contributed by atoms with van der Waals surface area (Å²) in [4.78, 5) is 39.4. The van der Waals surface area contributed by atoms with E-state index in [9.17, 15) is 24.7 Å². The number of rotatable bonds is 14. The quantitative estimate of drug-likeness (QED) is 0.136. The molecule has 3 aromatic rings. The molecule has 5 N–H and O–H groups in total. The topological polar surface area (TPSA) is 137 Å². The first kappa shape index (κ1) is 34.4. The van der Waals surface area contributed by atoms with Gasteiger partial charge in [0, 0.05) is 7.11 Å². The zero-order valence-corrected chi connectivity index (χ0v) is 26.2. The van der Waals surface area contributed by atoms with E-state index in [0.717, 1.165) is 27.8 Å². The fourth-order valence-corrected chi connectivity index (χ4v) is 5.28. The van der Waals surface area contributed by atoms with Crippen molar-refractivity contribution >= 4 is 17.7 Å². The Kier molecular flexibility index (Phi) is 12.6. The van der Waals surface area contributed by atoms with Gasteiger partial charge in [-0.3, -0.25) is 19.6 Å². The molecule has 0 bridgehead atoms. The number of carbonyl (C=O) groups is 3. The second-order valence-electron chi connectivity index (χ2n) is 12.2. The number of methoxy groups -OCH3 is 1. The number of aryl methyl sites for hydroxylation is 2. The molecule has 3 amide bonds. The van der Waals surface area contributed by atoms with Crippen molar-refractivity contribution in [2.24, 2.45) is 11.3 Å². The largest absolute Gasteiger partial charge is 0.382 e. The molecule has 3 rings (SSSR count). The summed E-state index contributed by atoms with van der Waals surface area (Å²) in [6.07, 6.45) is -0.578. The Balaban J connectivity index is 1.74.